The first-order valence-electron chi connectivity index (χ1n) is 9.61. The van der Waals surface area contributed by atoms with E-state index in [4.69, 9.17) is 4.74 Å². The van der Waals surface area contributed by atoms with Crippen LogP contribution in [0.15, 0.2) is 24.3 Å². The number of aromatic nitrogens is 2. The molecule has 8 nitrogen and oxygen atoms in total. The van der Waals surface area contributed by atoms with Crippen LogP contribution in [0.1, 0.15) is 25.5 Å². The third-order valence-corrected chi connectivity index (χ3v) is 5.34. The number of nitrogens with zero attached hydrogens (tertiary/aromatic N) is 3. The Bertz CT molecular complexity index is 915. The maximum atomic E-state index is 13.0. The molecule has 1 aromatic carbocycles. The zero-order valence-corrected chi connectivity index (χ0v) is 16.5. The standard InChI is InChI=1S/C20H24FN5O3/c1-10-16-18(26(3)17(11(2)27)19(28)24-16)25-20(22-10)23-13-8-15(9-13)29-14-6-4-12(21)5-7-14/h4-7,11,13,15,17,27H,8-9H2,1-3H3,(H,24,28)(H,22,23,25)/t11-,13?,15?,17+/m1/s1. The lowest BCUT2D eigenvalue weighted by molar-refractivity contribution is -0.119. The van der Waals surface area contributed by atoms with E-state index >= 15 is 0 Å². The van der Waals surface area contributed by atoms with Gasteiger partial charge in [0.05, 0.1) is 11.8 Å². The van der Waals surface area contributed by atoms with Crippen LogP contribution in [-0.2, 0) is 4.79 Å². The molecule has 3 N–H and O–H groups in total. The van der Waals surface area contributed by atoms with Crippen molar-refractivity contribution >= 4 is 23.4 Å². The van der Waals surface area contributed by atoms with Crippen LogP contribution in [0.5, 0.6) is 5.75 Å². The van der Waals surface area contributed by atoms with Crippen LogP contribution in [0.25, 0.3) is 0 Å². The van der Waals surface area contributed by atoms with Gasteiger partial charge < -0.3 is 25.4 Å². The van der Waals surface area contributed by atoms with Gasteiger partial charge in [-0.2, -0.15) is 4.98 Å². The summed E-state index contributed by atoms with van der Waals surface area (Å²) < 4.78 is 18.8. The summed E-state index contributed by atoms with van der Waals surface area (Å²) in [6.45, 7) is 3.39. The number of hydrogen-bond acceptors (Lipinski definition) is 7. The largest absolute Gasteiger partial charge is 0.490 e. The Morgan fingerprint density at radius 2 is 2.00 bits per heavy atom. The van der Waals surface area contributed by atoms with Crippen molar-refractivity contribution in [3.05, 3.63) is 35.8 Å². The maximum absolute atomic E-state index is 13.0. The lowest BCUT2D eigenvalue weighted by atomic mass is 9.89. The van der Waals surface area contributed by atoms with Gasteiger partial charge in [0.15, 0.2) is 5.82 Å². The second-order valence-electron chi connectivity index (χ2n) is 7.62. The molecular weight excluding hydrogens is 377 g/mol. The highest BCUT2D eigenvalue weighted by molar-refractivity contribution is 6.03. The van der Waals surface area contributed by atoms with E-state index in [-0.39, 0.29) is 23.9 Å². The summed E-state index contributed by atoms with van der Waals surface area (Å²) in [6.07, 6.45) is 0.772. The second-order valence-corrected chi connectivity index (χ2v) is 7.62. The molecule has 2 aromatic rings. The van der Waals surface area contributed by atoms with Crippen molar-refractivity contribution in [2.45, 2.75) is 51.0 Å². The smallest absolute Gasteiger partial charge is 0.249 e. The van der Waals surface area contributed by atoms with Crippen molar-refractivity contribution in [1.29, 1.82) is 0 Å². The van der Waals surface area contributed by atoms with Gasteiger partial charge in [0, 0.05) is 25.9 Å². The van der Waals surface area contributed by atoms with E-state index in [1.54, 1.807) is 31.0 Å². The number of hydrogen-bond donors (Lipinski definition) is 3. The number of benzene rings is 1. The van der Waals surface area contributed by atoms with Gasteiger partial charge in [0.2, 0.25) is 11.9 Å². The monoisotopic (exact) mass is 401 g/mol. The lowest BCUT2D eigenvalue weighted by Gasteiger charge is -2.38. The normalized spacial score (nSPS) is 24.2. The fraction of sp³-hybridized carbons (Fsp3) is 0.450. The fourth-order valence-electron chi connectivity index (χ4n) is 3.74. The molecule has 154 valence electrons. The first-order chi connectivity index (χ1) is 13.8. The average molecular weight is 401 g/mol. The molecule has 1 aliphatic carbocycles. The Kier molecular flexibility index (Phi) is 4.99. The molecule has 0 spiro atoms. The van der Waals surface area contributed by atoms with E-state index in [2.05, 4.69) is 20.6 Å². The molecule has 1 aromatic heterocycles. The quantitative estimate of drug-likeness (QED) is 0.705. The van der Waals surface area contributed by atoms with Gasteiger partial charge in [0.25, 0.3) is 0 Å². The van der Waals surface area contributed by atoms with Gasteiger partial charge in [-0.25, -0.2) is 9.37 Å². The number of fused-ring (bicyclic) bond motifs is 1. The van der Waals surface area contributed by atoms with E-state index in [1.807, 2.05) is 6.92 Å². The van der Waals surface area contributed by atoms with E-state index in [0.717, 1.165) is 12.8 Å². The SMILES string of the molecule is Cc1nc(NC2CC(Oc3ccc(F)cc3)C2)nc2c1NC(=O)[C@H]([C@@H](C)O)N2C. The minimum atomic E-state index is -0.837. The molecule has 29 heavy (non-hydrogen) atoms. The molecule has 1 saturated carbocycles. The Hall–Kier alpha value is -2.94. The van der Waals surface area contributed by atoms with Gasteiger partial charge in [-0.05, 0) is 38.1 Å². The molecule has 0 radical (unpaired) electrons. The molecule has 2 atom stereocenters. The number of anilines is 3. The predicted molar refractivity (Wildman–Crippen MR) is 107 cm³/mol. The number of aliphatic hydroxyl groups excluding tert-OH is 1. The Balaban J connectivity index is 1.41. The summed E-state index contributed by atoms with van der Waals surface area (Å²) in [7, 11) is 1.74. The Labute approximate surface area is 168 Å². The van der Waals surface area contributed by atoms with Crippen molar-refractivity contribution in [2.24, 2.45) is 0 Å². The summed E-state index contributed by atoms with van der Waals surface area (Å²) in [4.78, 5) is 23.0. The van der Waals surface area contributed by atoms with Crippen LogP contribution in [0.4, 0.5) is 21.8 Å². The Morgan fingerprint density at radius 3 is 2.66 bits per heavy atom. The molecule has 0 bridgehead atoms. The molecule has 4 rings (SSSR count). The molecule has 9 heteroatoms. The van der Waals surface area contributed by atoms with Crippen LogP contribution < -0.4 is 20.3 Å². The van der Waals surface area contributed by atoms with Gasteiger partial charge in [-0.15, -0.1) is 0 Å². The Morgan fingerprint density at radius 1 is 1.31 bits per heavy atom. The number of halogens is 1. The number of carbonyl (C=O) groups is 1. The highest BCUT2D eigenvalue weighted by Crippen LogP contribution is 2.34. The van der Waals surface area contributed by atoms with Gasteiger partial charge in [-0.3, -0.25) is 4.79 Å². The number of aliphatic hydroxyl groups is 1. The van der Waals surface area contributed by atoms with Gasteiger partial charge in [-0.1, -0.05) is 0 Å². The molecule has 2 aliphatic rings. The van der Waals surface area contributed by atoms with Crippen molar-refractivity contribution in [3.8, 4) is 5.75 Å². The van der Waals surface area contributed by atoms with Crippen molar-refractivity contribution in [2.75, 3.05) is 22.6 Å². The summed E-state index contributed by atoms with van der Waals surface area (Å²) in [5.41, 5.74) is 1.21. The zero-order valence-electron chi connectivity index (χ0n) is 16.5. The summed E-state index contributed by atoms with van der Waals surface area (Å²) in [6, 6.07) is 5.45. The van der Waals surface area contributed by atoms with Crippen LogP contribution >= 0.6 is 0 Å². The molecule has 2 heterocycles. The van der Waals surface area contributed by atoms with E-state index in [9.17, 15) is 14.3 Å². The maximum Gasteiger partial charge on any atom is 0.249 e. The van der Waals surface area contributed by atoms with Crippen LogP contribution in [0.2, 0.25) is 0 Å². The van der Waals surface area contributed by atoms with E-state index in [0.29, 0.717) is 28.9 Å². The number of likely N-dealkylation sites (N-methyl/N-ethyl adjacent to an activating group) is 1. The third-order valence-electron chi connectivity index (χ3n) is 5.34. The zero-order chi connectivity index (χ0) is 20.7. The number of aryl methyl sites for hydroxylation is 1. The summed E-state index contributed by atoms with van der Waals surface area (Å²) in [5.74, 6) is 1.13. The predicted octanol–water partition coefficient (Wildman–Crippen LogP) is 2.08. The van der Waals surface area contributed by atoms with E-state index in [1.165, 1.54) is 12.1 Å². The molecular formula is C20H24FN5O3. The number of rotatable bonds is 5. The topological polar surface area (TPSA) is 99.6 Å². The highest BCUT2D eigenvalue weighted by Gasteiger charge is 2.37. The van der Waals surface area contributed by atoms with Gasteiger partial charge in [0.1, 0.15) is 29.4 Å². The second kappa shape index (κ2) is 7.47. The molecule has 0 saturated heterocycles. The third kappa shape index (κ3) is 3.82. The number of amides is 1. The van der Waals surface area contributed by atoms with Gasteiger partial charge >= 0.3 is 0 Å². The van der Waals surface area contributed by atoms with Crippen molar-refractivity contribution in [3.63, 3.8) is 0 Å². The number of nitrogens with one attached hydrogen (secondary N) is 2. The van der Waals surface area contributed by atoms with Crippen LogP contribution in [-0.4, -0.2) is 52.3 Å². The molecule has 1 aliphatic heterocycles. The molecule has 1 amide bonds. The van der Waals surface area contributed by atoms with Crippen molar-refractivity contribution in [1.82, 2.24) is 9.97 Å². The molecule has 0 unspecified atom stereocenters. The number of ether oxygens (including phenoxy) is 1. The highest BCUT2D eigenvalue weighted by atomic mass is 19.1. The minimum Gasteiger partial charge on any atom is -0.490 e. The first kappa shape index (κ1) is 19.4. The molecule has 1 fully saturated rings. The van der Waals surface area contributed by atoms with Crippen LogP contribution in [0.3, 0.4) is 0 Å². The average Bonchev–Trinajstić information content (AvgIpc) is 2.62. The number of carbonyl (C=O) groups excluding carboxylic acids is 1. The van der Waals surface area contributed by atoms with Crippen molar-refractivity contribution < 1.29 is 19.0 Å². The van der Waals surface area contributed by atoms with E-state index < -0.39 is 12.1 Å². The minimum absolute atomic E-state index is 0.0540. The van der Waals surface area contributed by atoms with Crippen LogP contribution in [0, 0.1) is 12.7 Å². The summed E-state index contributed by atoms with van der Waals surface area (Å²) >= 11 is 0. The fourth-order valence-corrected chi connectivity index (χ4v) is 3.74. The first-order valence-corrected chi connectivity index (χ1v) is 9.61. The summed E-state index contributed by atoms with van der Waals surface area (Å²) in [5, 5.41) is 16.0. The lowest BCUT2D eigenvalue weighted by Crippen LogP contribution is -2.52.